The molecule has 3 heterocycles. The van der Waals surface area contributed by atoms with Gasteiger partial charge in [-0.05, 0) is 26.0 Å². The molecule has 0 unspecified atom stereocenters. The molecular formula is C23H21ClN6O2. The second-order valence-electron chi connectivity index (χ2n) is 7.67. The largest absolute Gasteiger partial charge is 0.347 e. The Morgan fingerprint density at radius 1 is 1.06 bits per heavy atom. The third kappa shape index (κ3) is 4.09. The van der Waals surface area contributed by atoms with Crippen molar-refractivity contribution in [3.8, 4) is 22.4 Å². The molecule has 0 radical (unpaired) electrons. The van der Waals surface area contributed by atoms with E-state index in [4.69, 9.17) is 11.6 Å². The van der Waals surface area contributed by atoms with E-state index < -0.39 is 0 Å². The number of halogens is 1. The van der Waals surface area contributed by atoms with Crippen LogP contribution in [0.5, 0.6) is 0 Å². The Balaban J connectivity index is 1.89. The summed E-state index contributed by atoms with van der Waals surface area (Å²) in [5.74, 6) is 0.290. The number of hydrogen-bond acceptors (Lipinski definition) is 6. The van der Waals surface area contributed by atoms with E-state index in [9.17, 15) is 9.59 Å². The monoisotopic (exact) mass is 448 g/mol. The van der Waals surface area contributed by atoms with Gasteiger partial charge in [-0.1, -0.05) is 23.7 Å². The number of nitrogens with zero attached hydrogens (tertiary/aromatic N) is 6. The molecule has 0 N–H and O–H groups in total. The molecule has 3 aromatic heterocycles. The van der Waals surface area contributed by atoms with Crippen LogP contribution < -0.4 is 5.56 Å². The average Bonchev–Trinajstić information content (AvgIpc) is 2.75. The van der Waals surface area contributed by atoms with Crippen LogP contribution in [0.4, 0.5) is 0 Å². The summed E-state index contributed by atoms with van der Waals surface area (Å²) in [5, 5.41) is 1.03. The average molecular weight is 449 g/mol. The molecule has 4 rings (SSSR count). The molecule has 1 aromatic carbocycles. The SMILES string of the molecule is Cc1cncc(-c2ccc(-c3cc4cnc(C)nc4n(CC(=O)N(C)C)c3=O)c(Cl)c2)n1. The Morgan fingerprint density at radius 3 is 2.53 bits per heavy atom. The minimum absolute atomic E-state index is 0.138. The van der Waals surface area contributed by atoms with Crippen molar-refractivity contribution in [1.29, 1.82) is 0 Å². The van der Waals surface area contributed by atoms with Crippen LogP contribution in [0.25, 0.3) is 33.4 Å². The standard InChI is InChI=1S/C23H21ClN6O2/c1-13-9-25-11-20(27-13)15-5-6-17(19(24)8-15)18-7-16-10-26-14(2)28-22(16)30(23(18)32)12-21(31)29(3)4/h5-11H,12H2,1-4H3. The van der Waals surface area contributed by atoms with Crippen molar-refractivity contribution >= 4 is 28.5 Å². The van der Waals surface area contributed by atoms with Crippen LogP contribution in [-0.2, 0) is 11.3 Å². The fourth-order valence-electron chi connectivity index (χ4n) is 3.36. The van der Waals surface area contributed by atoms with Gasteiger partial charge in [-0.15, -0.1) is 0 Å². The van der Waals surface area contributed by atoms with E-state index in [0.29, 0.717) is 38.7 Å². The quantitative estimate of drug-likeness (QED) is 0.475. The molecule has 0 aliphatic rings. The molecule has 32 heavy (non-hydrogen) atoms. The van der Waals surface area contributed by atoms with Crippen LogP contribution in [-0.4, -0.2) is 49.4 Å². The Bertz CT molecular complexity index is 1410. The molecule has 0 aliphatic carbocycles. The number of pyridine rings is 1. The van der Waals surface area contributed by atoms with E-state index in [2.05, 4.69) is 19.9 Å². The molecule has 0 atom stereocenters. The Hall–Kier alpha value is -3.65. The predicted molar refractivity (Wildman–Crippen MR) is 123 cm³/mol. The highest BCUT2D eigenvalue weighted by atomic mass is 35.5. The number of rotatable bonds is 4. The first-order valence-corrected chi connectivity index (χ1v) is 10.3. The van der Waals surface area contributed by atoms with Crippen LogP contribution in [0, 0.1) is 13.8 Å². The lowest BCUT2D eigenvalue weighted by Crippen LogP contribution is -2.32. The van der Waals surface area contributed by atoms with Crippen LogP contribution in [0.15, 0.2) is 47.7 Å². The van der Waals surface area contributed by atoms with E-state index in [1.54, 1.807) is 57.8 Å². The molecule has 8 nitrogen and oxygen atoms in total. The number of fused-ring (bicyclic) bond motifs is 1. The first-order chi connectivity index (χ1) is 15.2. The topological polar surface area (TPSA) is 93.9 Å². The number of aromatic nitrogens is 5. The lowest BCUT2D eigenvalue weighted by molar-refractivity contribution is -0.129. The minimum atomic E-state index is -0.351. The summed E-state index contributed by atoms with van der Waals surface area (Å²) in [5.41, 5.74) is 3.24. The third-order valence-electron chi connectivity index (χ3n) is 5.05. The smallest absolute Gasteiger partial charge is 0.260 e. The van der Waals surface area contributed by atoms with Crippen molar-refractivity contribution in [3.05, 3.63) is 69.8 Å². The summed E-state index contributed by atoms with van der Waals surface area (Å²) >= 11 is 6.61. The zero-order valence-electron chi connectivity index (χ0n) is 18.1. The normalized spacial score (nSPS) is 11.0. The van der Waals surface area contributed by atoms with Crippen molar-refractivity contribution in [3.63, 3.8) is 0 Å². The van der Waals surface area contributed by atoms with Crippen LogP contribution in [0.2, 0.25) is 5.02 Å². The summed E-state index contributed by atoms with van der Waals surface area (Å²) in [4.78, 5) is 44.6. The highest BCUT2D eigenvalue weighted by Gasteiger charge is 2.18. The van der Waals surface area contributed by atoms with Gasteiger partial charge in [-0.25, -0.2) is 15.0 Å². The second-order valence-corrected chi connectivity index (χ2v) is 8.08. The number of amides is 1. The summed E-state index contributed by atoms with van der Waals surface area (Å²) in [7, 11) is 3.28. The molecule has 162 valence electrons. The highest BCUT2D eigenvalue weighted by molar-refractivity contribution is 6.33. The summed E-state index contributed by atoms with van der Waals surface area (Å²) in [6.45, 7) is 3.46. The maximum Gasteiger partial charge on any atom is 0.260 e. The maximum atomic E-state index is 13.5. The summed E-state index contributed by atoms with van der Waals surface area (Å²) < 4.78 is 1.37. The number of likely N-dealkylation sites (N-methyl/N-ethyl adjacent to an activating group) is 1. The van der Waals surface area contributed by atoms with Gasteiger partial charge in [0.05, 0.1) is 17.6 Å². The van der Waals surface area contributed by atoms with Crippen LogP contribution in [0.3, 0.4) is 0 Å². The summed E-state index contributed by atoms with van der Waals surface area (Å²) in [6, 6.07) is 7.08. The van der Waals surface area contributed by atoms with Gasteiger partial charge in [0, 0.05) is 53.6 Å². The van der Waals surface area contributed by atoms with Crippen molar-refractivity contribution in [2.45, 2.75) is 20.4 Å². The zero-order chi connectivity index (χ0) is 23.0. The Morgan fingerprint density at radius 2 is 1.84 bits per heavy atom. The van der Waals surface area contributed by atoms with Crippen molar-refractivity contribution in [1.82, 2.24) is 29.4 Å². The predicted octanol–water partition coefficient (Wildman–Crippen LogP) is 3.27. The third-order valence-corrected chi connectivity index (χ3v) is 5.36. The van der Waals surface area contributed by atoms with Gasteiger partial charge in [0.2, 0.25) is 5.91 Å². The second kappa shape index (κ2) is 8.47. The molecule has 0 aliphatic heterocycles. The van der Waals surface area contributed by atoms with E-state index in [-0.39, 0.29) is 18.0 Å². The van der Waals surface area contributed by atoms with E-state index in [1.807, 2.05) is 13.0 Å². The molecular weight excluding hydrogens is 428 g/mol. The number of carbonyl (C=O) groups excluding carboxylic acids is 1. The number of carbonyl (C=O) groups is 1. The van der Waals surface area contributed by atoms with Crippen molar-refractivity contribution in [2.24, 2.45) is 0 Å². The molecule has 0 spiro atoms. The van der Waals surface area contributed by atoms with Gasteiger partial charge in [-0.3, -0.25) is 19.1 Å². The molecule has 1 amide bonds. The van der Waals surface area contributed by atoms with Gasteiger partial charge in [0.25, 0.3) is 5.56 Å². The van der Waals surface area contributed by atoms with E-state index >= 15 is 0 Å². The van der Waals surface area contributed by atoms with E-state index in [0.717, 1.165) is 11.3 Å². The molecule has 9 heteroatoms. The zero-order valence-corrected chi connectivity index (χ0v) is 18.9. The van der Waals surface area contributed by atoms with Gasteiger partial charge in [0.1, 0.15) is 18.0 Å². The molecule has 4 aromatic rings. The van der Waals surface area contributed by atoms with Crippen LogP contribution >= 0.6 is 11.6 Å². The Labute approximate surface area is 189 Å². The van der Waals surface area contributed by atoms with Gasteiger partial charge in [-0.2, -0.15) is 0 Å². The van der Waals surface area contributed by atoms with Gasteiger partial charge in [0.15, 0.2) is 0 Å². The first kappa shape index (κ1) is 21.6. The van der Waals surface area contributed by atoms with Gasteiger partial charge < -0.3 is 4.90 Å². The lowest BCUT2D eigenvalue weighted by Gasteiger charge is -2.16. The van der Waals surface area contributed by atoms with Crippen LogP contribution in [0.1, 0.15) is 11.5 Å². The first-order valence-electron chi connectivity index (χ1n) is 9.91. The lowest BCUT2D eigenvalue weighted by atomic mass is 10.0. The molecule has 0 saturated carbocycles. The number of hydrogen-bond donors (Lipinski definition) is 0. The van der Waals surface area contributed by atoms with Gasteiger partial charge >= 0.3 is 0 Å². The molecule has 0 fully saturated rings. The number of aryl methyl sites for hydroxylation is 2. The maximum absolute atomic E-state index is 13.5. The fourth-order valence-corrected chi connectivity index (χ4v) is 3.64. The van der Waals surface area contributed by atoms with E-state index in [1.165, 1.54) is 9.47 Å². The fraction of sp³-hybridized carbons (Fsp3) is 0.217. The molecule has 0 saturated heterocycles. The highest BCUT2D eigenvalue weighted by Crippen LogP contribution is 2.31. The number of benzene rings is 1. The summed E-state index contributed by atoms with van der Waals surface area (Å²) in [6.07, 6.45) is 4.98. The minimum Gasteiger partial charge on any atom is -0.347 e. The van der Waals surface area contributed by atoms with Crippen molar-refractivity contribution < 1.29 is 4.79 Å². The Kier molecular flexibility index (Phi) is 5.71. The van der Waals surface area contributed by atoms with Crippen molar-refractivity contribution in [2.75, 3.05) is 14.1 Å². The molecule has 0 bridgehead atoms.